The molecular formula is C23H21F3N4O5. The van der Waals surface area contributed by atoms with E-state index in [9.17, 15) is 22.8 Å². The van der Waals surface area contributed by atoms with Crippen LogP contribution >= 0.6 is 0 Å². The van der Waals surface area contributed by atoms with Crippen LogP contribution in [0.25, 0.3) is 0 Å². The number of nitrogens with one attached hydrogen (secondary N) is 2. The van der Waals surface area contributed by atoms with Crippen molar-refractivity contribution < 1.29 is 37.0 Å². The molecule has 1 amide bonds. The van der Waals surface area contributed by atoms with Gasteiger partial charge in [0.25, 0.3) is 0 Å². The van der Waals surface area contributed by atoms with Crippen LogP contribution in [0.5, 0.6) is 5.75 Å². The Morgan fingerprint density at radius 3 is 2.17 bits per heavy atom. The van der Waals surface area contributed by atoms with E-state index in [1.165, 1.54) is 12.1 Å². The monoisotopic (exact) mass is 490 g/mol. The molecule has 12 heteroatoms. The quantitative estimate of drug-likeness (QED) is 0.406. The number of rotatable bonds is 7. The maximum Gasteiger partial charge on any atom is 0.573 e. The summed E-state index contributed by atoms with van der Waals surface area (Å²) in [6.07, 6.45) is -1.88. The lowest BCUT2D eigenvalue weighted by Gasteiger charge is -2.26. The number of hydrogen-bond donors (Lipinski definition) is 3. The molecule has 0 atom stereocenters. The zero-order valence-corrected chi connectivity index (χ0v) is 18.2. The summed E-state index contributed by atoms with van der Waals surface area (Å²) in [5.74, 6) is -2.05. The van der Waals surface area contributed by atoms with Gasteiger partial charge in [-0.2, -0.15) is 0 Å². The molecule has 1 heterocycles. The van der Waals surface area contributed by atoms with E-state index in [-0.39, 0.29) is 29.5 Å². The van der Waals surface area contributed by atoms with E-state index >= 15 is 0 Å². The Labute approximate surface area is 197 Å². The summed E-state index contributed by atoms with van der Waals surface area (Å²) in [5, 5.41) is 21.9. The van der Waals surface area contributed by atoms with Gasteiger partial charge in [-0.25, -0.2) is 0 Å². The number of carboxylic acid groups (broad SMARTS) is 1. The Hall–Kier alpha value is -4.09. The second-order valence-corrected chi connectivity index (χ2v) is 8.07. The van der Waals surface area contributed by atoms with Crippen LogP contribution in [-0.2, 0) is 4.79 Å². The van der Waals surface area contributed by atoms with Crippen molar-refractivity contribution in [3.63, 3.8) is 0 Å². The van der Waals surface area contributed by atoms with E-state index in [1.807, 2.05) is 12.1 Å². The first kappa shape index (κ1) is 24.0. The van der Waals surface area contributed by atoms with Crippen molar-refractivity contribution in [2.45, 2.75) is 38.0 Å². The molecule has 3 N–H and O–H groups in total. The Morgan fingerprint density at radius 2 is 1.57 bits per heavy atom. The summed E-state index contributed by atoms with van der Waals surface area (Å²) in [4.78, 5) is 23.5. The number of alkyl halides is 3. The number of hydrogen-bond acceptors (Lipinski definition) is 7. The SMILES string of the molecule is O=C(Nc1ccc([C@H]2CC[C@H](C(=O)O)CC2)cc1)c1nnc(Nc2ccc(OC(F)(F)F)cc2)o1. The Balaban J connectivity index is 1.31. The normalized spacial score (nSPS) is 18.0. The molecule has 9 nitrogen and oxygen atoms in total. The van der Waals surface area contributed by atoms with Gasteiger partial charge < -0.3 is 24.9 Å². The molecule has 1 fully saturated rings. The van der Waals surface area contributed by atoms with Gasteiger partial charge in [-0.15, -0.1) is 18.3 Å². The van der Waals surface area contributed by atoms with Crippen LogP contribution in [-0.4, -0.2) is 33.5 Å². The molecule has 1 aliphatic carbocycles. The minimum absolute atomic E-state index is 0.119. The fourth-order valence-electron chi connectivity index (χ4n) is 3.93. The van der Waals surface area contributed by atoms with E-state index in [1.54, 1.807) is 12.1 Å². The molecule has 3 aromatic rings. The van der Waals surface area contributed by atoms with Crippen molar-refractivity contribution in [2.24, 2.45) is 5.92 Å². The third kappa shape index (κ3) is 6.49. The van der Waals surface area contributed by atoms with Gasteiger partial charge >= 0.3 is 30.1 Å². The molecule has 1 aromatic heterocycles. The van der Waals surface area contributed by atoms with Gasteiger partial charge in [-0.1, -0.05) is 17.2 Å². The van der Waals surface area contributed by atoms with Crippen LogP contribution in [0.15, 0.2) is 52.9 Å². The van der Waals surface area contributed by atoms with Crippen LogP contribution in [0.3, 0.4) is 0 Å². The van der Waals surface area contributed by atoms with Crippen molar-refractivity contribution in [1.82, 2.24) is 10.2 Å². The molecule has 2 aromatic carbocycles. The molecule has 0 spiro atoms. The highest BCUT2D eigenvalue weighted by molar-refractivity contribution is 6.00. The lowest BCUT2D eigenvalue weighted by Crippen LogP contribution is -2.20. The molecule has 0 unspecified atom stereocenters. The Morgan fingerprint density at radius 1 is 0.943 bits per heavy atom. The third-order valence-electron chi connectivity index (χ3n) is 5.67. The van der Waals surface area contributed by atoms with E-state index in [4.69, 9.17) is 9.52 Å². The van der Waals surface area contributed by atoms with Crippen molar-refractivity contribution in [3.8, 4) is 5.75 Å². The topological polar surface area (TPSA) is 127 Å². The van der Waals surface area contributed by atoms with Crippen LogP contribution < -0.4 is 15.4 Å². The number of carbonyl (C=O) groups is 2. The molecular weight excluding hydrogens is 469 g/mol. The number of halogens is 3. The highest BCUT2D eigenvalue weighted by Gasteiger charge is 2.31. The lowest BCUT2D eigenvalue weighted by atomic mass is 9.79. The number of ether oxygens (including phenoxy) is 1. The lowest BCUT2D eigenvalue weighted by molar-refractivity contribution is -0.274. The molecule has 1 saturated carbocycles. The van der Waals surface area contributed by atoms with E-state index in [0.29, 0.717) is 24.2 Å². The second-order valence-electron chi connectivity index (χ2n) is 8.07. The molecule has 184 valence electrons. The summed E-state index contributed by atoms with van der Waals surface area (Å²) in [6.45, 7) is 0. The van der Waals surface area contributed by atoms with Crippen molar-refractivity contribution >= 4 is 29.3 Å². The Kier molecular flexibility index (Phi) is 6.90. The molecule has 0 radical (unpaired) electrons. The maximum absolute atomic E-state index is 12.4. The molecule has 1 aliphatic rings. The first-order valence-corrected chi connectivity index (χ1v) is 10.8. The minimum atomic E-state index is -4.79. The molecule has 0 aliphatic heterocycles. The zero-order chi connectivity index (χ0) is 25.0. The summed E-state index contributed by atoms with van der Waals surface area (Å²) in [5.41, 5.74) is 1.96. The number of aromatic nitrogens is 2. The summed E-state index contributed by atoms with van der Waals surface area (Å²) < 4.78 is 45.8. The first-order valence-electron chi connectivity index (χ1n) is 10.8. The van der Waals surface area contributed by atoms with Crippen molar-refractivity contribution in [2.75, 3.05) is 10.6 Å². The van der Waals surface area contributed by atoms with Gasteiger partial charge in [-0.3, -0.25) is 9.59 Å². The molecule has 35 heavy (non-hydrogen) atoms. The molecule has 4 rings (SSSR count). The summed E-state index contributed by atoms with van der Waals surface area (Å²) in [6, 6.07) is 12.0. The predicted octanol–water partition coefficient (Wildman–Crippen LogP) is 5.32. The van der Waals surface area contributed by atoms with Gasteiger partial charge in [0.05, 0.1) is 5.92 Å². The number of benzene rings is 2. The smallest absolute Gasteiger partial charge is 0.481 e. The van der Waals surface area contributed by atoms with Gasteiger partial charge in [0.1, 0.15) is 5.75 Å². The minimum Gasteiger partial charge on any atom is -0.481 e. The fourth-order valence-corrected chi connectivity index (χ4v) is 3.93. The number of amides is 1. The second kappa shape index (κ2) is 10.0. The number of carbonyl (C=O) groups excluding carboxylic acids is 1. The number of carboxylic acids is 1. The number of aliphatic carboxylic acids is 1. The van der Waals surface area contributed by atoms with Crippen LogP contribution in [0.1, 0.15) is 47.8 Å². The first-order chi connectivity index (χ1) is 16.7. The molecule has 0 bridgehead atoms. The third-order valence-corrected chi connectivity index (χ3v) is 5.67. The van der Waals surface area contributed by atoms with E-state index in [0.717, 1.165) is 30.5 Å². The number of nitrogens with zero attached hydrogens (tertiary/aromatic N) is 2. The van der Waals surface area contributed by atoms with Crippen molar-refractivity contribution in [1.29, 1.82) is 0 Å². The molecule has 0 saturated heterocycles. The van der Waals surface area contributed by atoms with Gasteiger partial charge in [-0.05, 0) is 73.6 Å². The van der Waals surface area contributed by atoms with Crippen LogP contribution in [0.4, 0.5) is 30.6 Å². The predicted molar refractivity (Wildman–Crippen MR) is 117 cm³/mol. The highest BCUT2D eigenvalue weighted by Crippen LogP contribution is 2.36. The van der Waals surface area contributed by atoms with Crippen LogP contribution in [0, 0.1) is 5.92 Å². The summed E-state index contributed by atoms with van der Waals surface area (Å²) >= 11 is 0. The maximum atomic E-state index is 12.4. The largest absolute Gasteiger partial charge is 0.573 e. The van der Waals surface area contributed by atoms with Crippen LogP contribution in [0.2, 0.25) is 0 Å². The van der Waals surface area contributed by atoms with E-state index in [2.05, 4.69) is 25.6 Å². The standard InChI is InChI=1S/C23H21F3N4O5/c24-23(25,26)35-18-11-9-17(10-12-18)28-22-30-29-20(34-22)19(31)27-16-7-5-14(6-8-16)13-1-3-15(4-2-13)21(32)33/h5-13,15H,1-4H2,(H,27,31)(H,28,30)(H,32,33)/t13-,15-. The highest BCUT2D eigenvalue weighted by atomic mass is 19.4. The average molecular weight is 490 g/mol. The fraction of sp³-hybridized carbons (Fsp3) is 0.304. The van der Waals surface area contributed by atoms with E-state index < -0.39 is 18.2 Å². The Bertz CT molecular complexity index is 1170. The number of anilines is 3. The van der Waals surface area contributed by atoms with Gasteiger partial charge in [0.2, 0.25) is 0 Å². The van der Waals surface area contributed by atoms with Gasteiger partial charge in [0, 0.05) is 11.4 Å². The van der Waals surface area contributed by atoms with Crippen molar-refractivity contribution in [3.05, 3.63) is 60.0 Å². The zero-order valence-electron chi connectivity index (χ0n) is 18.2. The van der Waals surface area contributed by atoms with Gasteiger partial charge in [0.15, 0.2) is 0 Å². The average Bonchev–Trinajstić information content (AvgIpc) is 3.29. The summed E-state index contributed by atoms with van der Waals surface area (Å²) in [7, 11) is 0.